The SMILES string of the molecule is Cc1cc(C)cc(C(=O)N2CCN(C(=O)CI)C(c3ccc(Cl)c(Cl)c3)C2)c1. The Labute approximate surface area is 188 Å². The van der Waals surface area contributed by atoms with Crippen molar-refractivity contribution in [1.82, 2.24) is 9.80 Å². The van der Waals surface area contributed by atoms with Crippen molar-refractivity contribution in [3.63, 3.8) is 0 Å². The minimum Gasteiger partial charge on any atom is -0.334 e. The molecule has 148 valence electrons. The number of hydrogen-bond acceptors (Lipinski definition) is 2. The Kier molecular flexibility index (Phi) is 6.89. The van der Waals surface area contributed by atoms with Gasteiger partial charge in [-0.2, -0.15) is 0 Å². The van der Waals surface area contributed by atoms with Gasteiger partial charge < -0.3 is 9.80 Å². The van der Waals surface area contributed by atoms with Crippen molar-refractivity contribution < 1.29 is 9.59 Å². The highest BCUT2D eigenvalue weighted by Gasteiger charge is 2.33. The fraction of sp³-hybridized carbons (Fsp3) is 0.333. The van der Waals surface area contributed by atoms with E-state index in [4.69, 9.17) is 23.2 Å². The number of amides is 2. The Balaban J connectivity index is 1.91. The molecule has 0 spiro atoms. The maximum absolute atomic E-state index is 13.1. The van der Waals surface area contributed by atoms with Crippen LogP contribution in [-0.2, 0) is 4.79 Å². The Bertz CT molecular complexity index is 899. The number of carbonyl (C=O) groups is 2. The van der Waals surface area contributed by atoms with E-state index in [2.05, 4.69) is 22.6 Å². The van der Waals surface area contributed by atoms with Gasteiger partial charge in [0.25, 0.3) is 5.91 Å². The van der Waals surface area contributed by atoms with Crippen molar-refractivity contribution in [1.29, 1.82) is 0 Å². The van der Waals surface area contributed by atoms with Gasteiger partial charge in [-0.3, -0.25) is 9.59 Å². The van der Waals surface area contributed by atoms with E-state index in [1.54, 1.807) is 12.1 Å². The summed E-state index contributed by atoms with van der Waals surface area (Å²) in [7, 11) is 0. The van der Waals surface area contributed by atoms with Gasteiger partial charge in [0.1, 0.15) is 0 Å². The molecule has 1 heterocycles. The first-order chi connectivity index (χ1) is 13.3. The minimum atomic E-state index is -0.249. The van der Waals surface area contributed by atoms with Crippen molar-refractivity contribution in [3.8, 4) is 0 Å². The molecule has 1 atom stereocenters. The van der Waals surface area contributed by atoms with Crippen molar-refractivity contribution in [2.24, 2.45) is 0 Å². The molecule has 1 saturated heterocycles. The zero-order valence-corrected chi connectivity index (χ0v) is 19.4. The van der Waals surface area contributed by atoms with Crippen LogP contribution in [0.25, 0.3) is 0 Å². The Hall–Kier alpha value is -1.31. The van der Waals surface area contributed by atoms with E-state index in [0.717, 1.165) is 16.7 Å². The number of nitrogens with zero attached hydrogens (tertiary/aromatic N) is 2. The summed E-state index contributed by atoms with van der Waals surface area (Å²) in [6.45, 7) is 5.39. The molecule has 2 aromatic carbocycles. The van der Waals surface area contributed by atoms with Gasteiger partial charge in [-0.15, -0.1) is 0 Å². The van der Waals surface area contributed by atoms with Crippen LogP contribution >= 0.6 is 45.8 Å². The van der Waals surface area contributed by atoms with Gasteiger partial charge in [-0.25, -0.2) is 0 Å². The summed E-state index contributed by atoms with van der Waals surface area (Å²) < 4.78 is 0.389. The van der Waals surface area contributed by atoms with Gasteiger partial charge in [0, 0.05) is 25.2 Å². The quantitative estimate of drug-likeness (QED) is 0.410. The van der Waals surface area contributed by atoms with Crippen LogP contribution < -0.4 is 0 Å². The number of piperazine rings is 1. The van der Waals surface area contributed by atoms with Crippen LogP contribution in [0.3, 0.4) is 0 Å². The van der Waals surface area contributed by atoms with Gasteiger partial charge in [0.05, 0.1) is 20.5 Å². The molecule has 7 heteroatoms. The number of aryl methyl sites for hydroxylation is 2. The van der Waals surface area contributed by atoms with Gasteiger partial charge in [0.15, 0.2) is 0 Å². The van der Waals surface area contributed by atoms with Gasteiger partial charge in [-0.1, -0.05) is 69.1 Å². The molecule has 0 saturated carbocycles. The maximum atomic E-state index is 13.1. The highest BCUT2D eigenvalue weighted by atomic mass is 127. The second-order valence-corrected chi connectivity index (χ2v) is 8.61. The van der Waals surface area contributed by atoms with E-state index < -0.39 is 0 Å². The molecule has 1 fully saturated rings. The van der Waals surface area contributed by atoms with Crippen LogP contribution in [0.2, 0.25) is 10.0 Å². The van der Waals surface area contributed by atoms with Crippen LogP contribution in [0.15, 0.2) is 36.4 Å². The van der Waals surface area contributed by atoms with Gasteiger partial charge in [0.2, 0.25) is 5.91 Å². The lowest BCUT2D eigenvalue weighted by molar-refractivity contribution is -0.132. The molecular formula is C21H21Cl2IN2O2. The third-order valence-electron chi connectivity index (χ3n) is 4.90. The second kappa shape index (κ2) is 9.01. The monoisotopic (exact) mass is 530 g/mol. The molecule has 0 radical (unpaired) electrons. The first-order valence-corrected chi connectivity index (χ1v) is 11.3. The molecule has 0 bridgehead atoms. The molecule has 0 aromatic heterocycles. The topological polar surface area (TPSA) is 40.6 Å². The van der Waals surface area contributed by atoms with Crippen LogP contribution in [-0.4, -0.2) is 45.7 Å². The summed E-state index contributed by atoms with van der Waals surface area (Å²) in [6.07, 6.45) is 0. The van der Waals surface area contributed by atoms with Crippen LogP contribution in [0.5, 0.6) is 0 Å². The van der Waals surface area contributed by atoms with E-state index in [-0.39, 0.29) is 17.9 Å². The fourth-order valence-corrected chi connectivity index (χ4v) is 4.37. The van der Waals surface area contributed by atoms with Crippen molar-refractivity contribution in [2.75, 3.05) is 24.1 Å². The van der Waals surface area contributed by atoms with E-state index >= 15 is 0 Å². The van der Waals surface area contributed by atoms with Gasteiger partial charge in [-0.05, 0) is 43.7 Å². The summed E-state index contributed by atoms with van der Waals surface area (Å²) in [5, 5.41) is 0.912. The number of rotatable bonds is 3. The number of carbonyl (C=O) groups excluding carboxylic acids is 2. The molecule has 2 amide bonds. The normalized spacial score (nSPS) is 17.0. The zero-order chi connectivity index (χ0) is 20.4. The van der Waals surface area contributed by atoms with Crippen molar-refractivity contribution >= 4 is 57.6 Å². The Morgan fingerprint density at radius 2 is 1.71 bits per heavy atom. The maximum Gasteiger partial charge on any atom is 0.254 e. The smallest absolute Gasteiger partial charge is 0.254 e. The molecule has 4 nitrogen and oxygen atoms in total. The lowest BCUT2D eigenvalue weighted by Gasteiger charge is -2.41. The molecule has 0 N–H and O–H groups in total. The lowest BCUT2D eigenvalue weighted by atomic mass is 10.0. The summed E-state index contributed by atoms with van der Waals surface area (Å²) >= 11 is 14.3. The molecular weight excluding hydrogens is 510 g/mol. The van der Waals surface area contributed by atoms with E-state index in [1.807, 2.05) is 47.9 Å². The fourth-order valence-electron chi connectivity index (χ4n) is 3.63. The molecule has 1 unspecified atom stereocenters. The zero-order valence-electron chi connectivity index (χ0n) is 15.7. The predicted octanol–water partition coefficient (Wildman–Crippen LogP) is 5.07. The highest BCUT2D eigenvalue weighted by molar-refractivity contribution is 14.1. The lowest BCUT2D eigenvalue weighted by Crippen LogP contribution is -2.52. The van der Waals surface area contributed by atoms with Crippen LogP contribution in [0.1, 0.15) is 33.1 Å². The van der Waals surface area contributed by atoms with E-state index in [1.165, 1.54) is 0 Å². The van der Waals surface area contributed by atoms with Crippen LogP contribution in [0, 0.1) is 13.8 Å². The summed E-state index contributed by atoms with van der Waals surface area (Å²) in [5.41, 5.74) is 3.68. The molecule has 0 aliphatic carbocycles. The minimum absolute atomic E-state index is 0.0153. The average molecular weight is 531 g/mol. The third-order valence-corrected chi connectivity index (χ3v) is 6.29. The van der Waals surface area contributed by atoms with E-state index in [0.29, 0.717) is 39.7 Å². The van der Waals surface area contributed by atoms with Crippen LogP contribution in [0.4, 0.5) is 0 Å². The Morgan fingerprint density at radius 1 is 1.04 bits per heavy atom. The first kappa shape index (κ1) is 21.4. The molecule has 28 heavy (non-hydrogen) atoms. The summed E-state index contributed by atoms with van der Waals surface area (Å²) in [6, 6.07) is 11.0. The predicted molar refractivity (Wildman–Crippen MR) is 122 cm³/mol. The molecule has 1 aliphatic rings. The summed E-state index contributed by atoms with van der Waals surface area (Å²) in [5.74, 6) is 0.0357. The second-order valence-electron chi connectivity index (χ2n) is 7.04. The average Bonchev–Trinajstić information content (AvgIpc) is 2.67. The number of halogens is 3. The number of alkyl halides is 1. The molecule has 3 rings (SSSR count). The highest BCUT2D eigenvalue weighted by Crippen LogP contribution is 2.31. The number of hydrogen-bond donors (Lipinski definition) is 0. The Morgan fingerprint density at radius 3 is 2.32 bits per heavy atom. The van der Waals surface area contributed by atoms with Crippen molar-refractivity contribution in [2.45, 2.75) is 19.9 Å². The summed E-state index contributed by atoms with van der Waals surface area (Å²) in [4.78, 5) is 29.3. The first-order valence-electron chi connectivity index (χ1n) is 8.98. The van der Waals surface area contributed by atoms with Gasteiger partial charge >= 0.3 is 0 Å². The van der Waals surface area contributed by atoms with Crippen molar-refractivity contribution in [3.05, 3.63) is 68.7 Å². The molecule has 2 aromatic rings. The van der Waals surface area contributed by atoms with E-state index in [9.17, 15) is 9.59 Å². The largest absolute Gasteiger partial charge is 0.334 e. The third kappa shape index (κ3) is 4.63. The molecule has 1 aliphatic heterocycles. The standard InChI is InChI=1S/C21H21Cl2IN2O2/c1-13-7-14(2)9-16(8-13)21(28)25-5-6-26(20(27)11-24)19(12-25)15-3-4-17(22)18(23)10-15/h3-4,7-10,19H,5-6,11-12H2,1-2H3. The number of benzene rings is 2.